The number of amides is 2. The third-order valence-corrected chi connectivity index (χ3v) is 8.20. The molecule has 160 valence electrons. The fourth-order valence-electron chi connectivity index (χ4n) is 5.05. The lowest BCUT2D eigenvalue weighted by atomic mass is 9.89. The summed E-state index contributed by atoms with van der Waals surface area (Å²) in [6.07, 6.45) is 14.0. The second kappa shape index (κ2) is 9.63. The van der Waals surface area contributed by atoms with Crippen LogP contribution in [0.3, 0.4) is 0 Å². The van der Waals surface area contributed by atoms with Crippen molar-refractivity contribution in [3.8, 4) is 0 Å². The molecule has 29 heavy (non-hydrogen) atoms. The van der Waals surface area contributed by atoms with E-state index in [0.717, 1.165) is 55.2 Å². The minimum absolute atomic E-state index is 0.0784. The van der Waals surface area contributed by atoms with E-state index in [9.17, 15) is 9.59 Å². The Kier molecular flexibility index (Phi) is 6.94. The molecule has 1 atom stereocenters. The van der Waals surface area contributed by atoms with Gasteiger partial charge in [0.15, 0.2) is 0 Å². The van der Waals surface area contributed by atoms with Gasteiger partial charge in [-0.3, -0.25) is 9.59 Å². The fraction of sp³-hybridized carbons (Fsp3) is 0.750. The van der Waals surface area contributed by atoms with Crippen LogP contribution in [0.25, 0.3) is 0 Å². The summed E-state index contributed by atoms with van der Waals surface area (Å²) >= 11 is 1.65. The van der Waals surface area contributed by atoms with Gasteiger partial charge in [0.05, 0.1) is 4.88 Å². The molecule has 2 N–H and O–H groups in total. The number of carbonyl (C=O) groups excluding carboxylic acids is 2. The van der Waals surface area contributed by atoms with E-state index < -0.39 is 0 Å². The van der Waals surface area contributed by atoms with Gasteiger partial charge >= 0.3 is 0 Å². The molecule has 4 nitrogen and oxygen atoms in total. The lowest BCUT2D eigenvalue weighted by Crippen LogP contribution is -2.45. The number of hydrogen-bond donors (Lipinski definition) is 2. The molecule has 0 aliphatic heterocycles. The zero-order chi connectivity index (χ0) is 20.2. The molecule has 1 aromatic rings. The molecule has 0 aromatic carbocycles. The van der Waals surface area contributed by atoms with E-state index in [1.807, 2.05) is 6.07 Å². The van der Waals surface area contributed by atoms with E-state index in [4.69, 9.17) is 0 Å². The van der Waals surface area contributed by atoms with Crippen LogP contribution in [0.5, 0.6) is 0 Å². The maximum atomic E-state index is 12.6. The van der Waals surface area contributed by atoms with Crippen molar-refractivity contribution in [3.63, 3.8) is 0 Å². The smallest absolute Gasteiger partial charge is 0.261 e. The van der Waals surface area contributed by atoms with Gasteiger partial charge < -0.3 is 10.6 Å². The summed E-state index contributed by atoms with van der Waals surface area (Å²) in [4.78, 5) is 27.3. The molecule has 0 radical (unpaired) electrons. The van der Waals surface area contributed by atoms with Crippen molar-refractivity contribution in [2.45, 2.75) is 96.1 Å². The highest BCUT2D eigenvalue weighted by Crippen LogP contribution is 2.34. The Morgan fingerprint density at radius 1 is 0.931 bits per heavy atom. The summed E-state index contributed by atoms with van der Waals surface area (Å²) < 4.78 is 0. The first-order valence-electron chi connectivity index (χ1n) is 11.8. The van der Waals surface area contributed by atoms with Gasteiger partial charge in [-0.15, -0.1) is 11.3 Å². The number of hydrogen-bond acceptors (Lipinski definition) is 3. The van der Waals surface area contributed by atoms with Crippen LogP contribution in [0.1, 0.15) is 92.1 Å². The van der Waals surface area contributed by atoms with E-state index in [-0.39, 0.29) is 29.8 Å². The van der Waals surface area contributed by atoms with Crippen molar-refractivity contribution in [2.75, 3.05) is 0 Å². The standard InChI is InChI=1S/C24H36N2O2S/c1-16(14-17-4-2-3-5-17)23(27)25-19-8-10-20(11-9-19)26-24(28)22-13-12-21(29-22)15-18-6-7-18/h12-13,16-20H,2-11,14-15H2,1H3,(H,25,27)(H,26,28). The van der Waals surface area contributed by atoms with E-state index in [1.165, 1.54) is 43.4 Å². The van der Waals surface area contributed by atoms with Crippen LogP contribution in [-0.2, 0) is 11.2 Å². The second-order valence-electron chi connectivity index (χ2n) is 9.73. The number of carbonyl (C=O) groups is 2. The summed E-state index contributed by atoms with van der Waals surface area (Å²) in [5.74, 6) is 2.04. The van der Waals surface area contributed by atoms with Crippen LogP contribution in [0.2, 0.25) is 0 Å². The first kappa shape index (κ1) is 20.9. The normalized spacial score (nSPS) is 26.2. The highest BCUT2D eigenvalue weighted by atomic mass is 32.1. The highest BCUT2D eigenvalue weighted by molar-refractivity contribution is 7.14. The topological polar surface area (TPSA) is 58.2 Å². The predicted molar refractivity (Wildman–Crippen MR) is 118 cm³/mol. The quantitative estimate of drug-likeness (QED) is 0.621. The number of rotatable bonds is 8. The van der Waals surface area contributed by atoms with Gasteiger partial charge in [0.1, 0.15) is 0 Å². The molecule has 4 rings (SSSR count). The first-order chi connectivity index (χ1) is 14.1. The van der Waals surface area contributed by atoms with Crippen molar-refractivity contribution in [1.82, 2.24) is 10.6 Å². The van der Waals surface area contributed by atoms with Crippen LogP contribution in [0.15, 0.2) is 12.1 Å². The molecule has 0 spiro atoms. The molecule has 3 aliphatic rings. The van der Waals surface area contributed by atoms with Crippen molar-refractivity contribution in [1.29, 1.82) is 0 Å². The summed E-state index contributed by atoms with van der Waals surface area (Å²) in [5, 5.41) is 6.50. The lowest BCUT2D eigenvalue weighted by Gasteiger charge is -2.30. The maximum absolute atomic E-state index is 12.6. The summed E-state index contributed by atoms with van der Waals surface area (Å²) in [6, 6.07) is 4.61. The third-order valence-electron chi connectivity index (χ3n) is 7.09. The zero-order valence-electron chi connectivity index (χ0n) is 17.8. The van der Waals surface area contributed by atoms with Gasteiger partial charge in [0.25, 0.3) is 5.91 Å². The predicted octanol–water partition coefficient (Wildman–Crippen LogP) is 5.07. The largest absolute Gasteiger partial charge is 0.353 e. The second-order valence-corrected chi connectivity index (χ2v) is 10.9. The molecule has 3 fully saturated rings. The molecule has 3 saturated carbocycles. The highest BCUT2D eigenvalue weighted by Gasteiger charge is 2.27. The Morgan fingerprint density at radius 3 is 2.24 bits per heavy atom. The Balaban J connectivity index is 1.16. The Bertz CT molecular complexity index is 697. The Morgan fingerprint density at radius 2 is 1.59 bits per heavy atom. The van der Waals surface area contributed by atoms with Crippen LogP contribution in [0.4, 0.5) is 0 Å². The van der Waals surface area contributed by atoms with E-state index in [2.05, 4.69) is 23.6 Å². The van der Waals surface area contributed by atoms with Crippen LogP contribution >= 0.6 is 11.3 Å². The Labute approximate surface area is 179 Å². The monoisotopic (exact) mass is 416 g/mol. The molecule has 1 heterocycles. The summed E-state index contributed by atoms with van der Waals surface area (Å²) in [5.41, 5.74) is 0. The zero-order valence-corrected chi connectivity index (χ0v) is 18.6. The van der Waals surface area contributed by atoms with Gasteiger partial charge in [-0.05, 0) is 75.3 Å². The first-order valence-corrected chi connectivity index (χ1v) is 12.6. The fourth-order valence-corrected chi connectivity index (χ4v) is 6.08. The molecule has 1 unspecified atom stereocenters. The van der Waals surface area contributed by atoms with Crippen molar-refractivity contribution in [2.24, 2.45) is 17.8 Å². The van der Waals surface area contributed by atoms with Crippen LogP contribution in [0, 0.1) is 17.8 Å². The van der Waals surface area contributed by atoms with Crippen LogP contribution < -0.4 is 10.6 Å². The van der Waals surface area contributed by atoms with Crippen molar-refractivity contribution < 1.29 is 9.59 Å². The third kappa shape index (κ3) is 6.07. The lowest BCUT2D eigenvalue weighted by molar-refractivity contribution is -0.126. The van der Waals surface area contributed by atoms with E-state index >= 15 is 0 Å². The number of nitrogens with one attached hydrogen (secondary N) is 2. The average Bonchev–Trinajstić information content (AvgIpc) is 3.16. The van der Waals surface area contributed by atoms with Crippen molar-refractivity contribution in [3.05, 3.63) is 21.9 Å². The molecule has 5 heteroatoms. The SMILES string of the molecule is CC(CC1CCCC1)C(=O)NC1CCC(NC(=O)c2ccc(CC3CC3)s2)CC1. The molecule has 0 bridgehead atoms. The Hall–Kier alpha value is -1.36. The molecular formula is C24H36N2O2S. The minimum Gasteiger partial charge on any atom is -0.353 e. The van der Waals surface area contributed by atoms with E-state index in [1.54, 1.807) is 11.3 Å². The molecule has 2 amide bonds. The molecule has 3 aliphatic carbocycles. The van der Waals surface area contributed by atoms with Crippen LogP contribution in [-0.4, -0.2) is 23.9 Å². The molecule has 1 aromatic heterocycles. The van der Waals surface area contributed by atoms with Gasteiger partial charge in [-0.1, -0.05) is 32.6 Å². The van der Waals surface area contributed by atoms with Gasteiger partial charge in [0, 0.05) is 22.9 Å². The van der Waals surface area contributed by atoms with E-state index in [0.29, 0.717) is 0 Å². The van der Waals surface area contributed by atoms with Crippen molar-refractivity contribution >= 4 is 23.2 Å². The molecular weight excluding hydrogens is 380 g/mol. The minimum atomic E-state index is 0.0784. The number of thiophene rings is 1. The summed E-state index contributed by atoms with van der Waals surface area (Å²) in [7, 11) is 0. The van der Waals surface area contributed by atoms with Gasteiger partial charge in [-0.2, -0.15) is 0 Å². The van der Waals surface area contributed by atoms with Gasteiger partial charge in [-0.25, -0.2) is 0 Å². The van der Waals surface area contributed by atoms with Gasteiger partial charge in [0.2, 0.25) is 5.91 Å². The summed E-state index contributed by atoms with van der Waals surface area (Å²) in [6.45, 7) is 2.08. The average molecular weight is 417 g/mol. The molecule has 0 saturated heterocycles. The maximum Gasteiger partial charge on any atom is 0.261 e.